The first kappa shape index (κ1) is 27.0. The van der Waals surface area contributed by atoms with Crippen molar-refractivity contribution in [1.82, 2.24) is 10.6 Å². The molecule has 35 heavy (non-hydrogen) atoms. The standard InChI is InChI=1S/C27H37F2N3O3/c1-17(2)10-19-4-5-26-23(13-19)24(6-7-32(26)8-9-33)30-16-27(35)25(31-18(3)34)14-20-11-21(28)15-22(29)12-20/h4-5,11-13,15,17,24-25,27,30,33,35H,6-10,14,16H2,1-3H3,(H,31,34). The van der Waals surface area contributed by atoms with E-state index in [-0.39, 0.29) is 31.5 Å². The highest BCUT2D eigenvalue weighted by atomic mass is 19.1. The summed E-state index contributed by atoms with van der Waals surface area (Å²) in [5.41, 5.74) is 3.79. The number of rotatable bonds is 11. The lowest BCUT2D eigenvalue weighted by Crippen LogP contribution is -2.49. The number of benzene rings is 2. The second kappa shape index (κ2) is 12.4. The molecule has 0 spiro atoms. The van der Waals surface area contributed by atoms with Gasteiger partial charge < -0.3 is 25.7 Å². The molecule has 192 valence electrons. The van der Waals surface area contributed by atoms with Crippen molar-refractivity contribution in [2.45, 2.75) is 58.2 Å². The molecular formula is C27H37F2N3O3. The largest absolute Gasteiger partial charge is 0.395 e. The van der Waals surface area contributed by atoms with Crippen molar-refractivity contribution in [2.75, 3.05) is 31.1 Å². The minimum atomic E-state index is -0.969. The van der Waals surface area contributed by atoms with E-state index in [9.17, 15) is 23.8 Å². The maximum Gasteiger partial charge on any atom is 0.217 e. The minimum absolute atomic E-state index is 0.00806. The van der Waals surface area contributed by atoms with Crippen LogP contribution in [0, 0.1) is 17.6 Å². The van der Waals surface area contributed by atoms with Gasteiger partial charge in [-0.25, -0.2) is 8.78 Å². The second-order valence-corrected chi connectivity index (χ2v) is 9.81. The number of hydrogen-bond acceptors (Lipinski definition) is 5. The highest BCUT2D eigenvalue weighted by Gasteiger charge is 2.27. The highest BCUT2D eigenvalue weighted by molar-refractivity contribution is 5.73. The van der Waals surface area contributed by atoms with Crippen LogP contribution >= 0.6 is 0 Å². The van der Waals surface area contributed by atoms with E-state index in [1.165, 1.54) is 24.6 Å². The molecule has 1 aliphatic heterocycles. The summed E-state index contributed by atoms with van der Waals surface area (Å²) in [7, 11) is 0. The molecule has 4 N–H and O–H groups in total. The number of amides is 1. The number of carbonyl (C=O) groups is 1. The molecule has 1 heterocycles. The van der Waals surface area contributed by atoms with Crippen molar-refractivity contribution < 1.29 is 23.8 Å². The molecule has 1 amide bonds. The Kier molecular flexibility index (Phi) is 9.60. The van der Waals surface area contributed by atoms with Crippen molar-refractivity contribution >= 4 is 11.6 Å². The van der Waals surface area contributed by atoms with Gasteiger partial charge in [0.15, 0.2) is 0 Å². The van der Waals surface area contributed by atoms with E-state index < -0.39 is 23.8 Å². The van der Waals surface area contributed by atoms with Crippen molar-refractivity contribution in [3.8, 4) is 0 Å². The second-order valence-electron chi connectivity index (χ2n) is 9.81. The summed E-state index contributed by atoms with van der Waals surface area (Å²) in [5, 5.41) is 26.6. The van der Waals surface area contributed by atoms with Crippen LogP contribution in [0.4, 0.5) is 14.5 Å². The number of hydrogen-bond donors (Lipinski definition) is 4. The number of β-amino-alcohol motifs (C(OH)–C–C–N with tert-alkyl or cyclic N) is 1. The molecule has 0 fully saturated rings. The van der Waals surface area contributed by atoms with E-state index in [2.05, 4.69) is 47.6 Å². The Bertz CT molecular complexity index is 981. The summed E-state index contributed by atoms with van der Waals surface area (Å²) in [6, 6.07) is 8.93. The van der Waals surface area contributed by atoms with Crippen LogP contribution in [0.2, 0.25) is 0 Å². The third-order valence-electron chi connectivity index (χ3n) is 6.31. The van der Waals surface area contributed by atoms with Gasteiger partial charge in [-0.2, -0.15) is 0 Å². The fourth-order valence-electron chi connectivity index (χ4n) is 4.83. The monoisotopic (exact) mass is 489 g/mol. The van der Waals surface area contributed by atoms with Crippen LogP contribution in [0.5, 0.6) is 0 Å². The van der Waals surface area contributed by atoms with Crippen molar-refractivity contribution in [3.05, 3.63) is 64.7 Å². The van der Waals surface area contributed by atoms with Gasteiger partial charge in [0.1, 0.15) is 11.6 Å². The van der Waals surface area contributed by atoms with Crippen LogP contribution in [0.1, 0.15) is 49.9 Å². The van der Waals surface area contributed by atoms with E-state index in [4.69, 9.17) is 0 Å². The Morgan fingerprint density at radius 1 is 1.11 bits per heavy atom. The number of aliphatic hydroxyl groups excluding tert-OH is 2. The molecule has 0 saturated heterocycles. The Hall–Kier alpha value is -2.55. The number of halogens is 2. The normalized spacial score (nSPS) is 17.3. The summed E-state index contributed by atoms with van der Waals surface area (Å²) in [6.45, 7) is 7.29. The van der Waals surface area contributed by atoms with Gasteiger partial charge >= 0.3 is 0 Å². The zero-order valence-corrected chi connectivity index (χ0v) is 20.7. The molecule has 0 radical (unpaired) electrons. The molecule has 2 aromatic rings. The third-order valence-corrected chi connectivity index (χ3v) is 6.31. The Morgan fingerprint density at radius 2 is 1.83 bits per heavy atom. The molecular weight excluding hydrogens is 452 g/mol. The van der Waals surface area contributed by atoms with Crippen molar-refractivity contribution in [3.63, 3.8) is 0 Å². The SMILES string of the molecule is CC(=O)NC(Cc1cc(F)cc(F)c1)C(O)CNC1CCN(CCO)c2ccc(CC(C)C)cc21. The Labute approximate surface area is 206 Å². The lowest BCUT2D eigenvalue weighted by atomic mass is 9.91. The molecule has 1 aliphatic rings. The number of nitrogens with zero attached hydrogens (tertiary/aromatic N) is 1. The van der Waals surface area contributed by atoms with Gasteiger partial charge in [-0.05, 0) is 60.1 Å². The Morgan fingerprint density at radius 3 is 2.46 bits per heavy atom. The van der Waals surface area contributed by atoms with Gasteiger partial charge in [-0.1, -0.05) is 26.0 Å². The van der Waals surface area contributed by atoms with Crippen LogP contribution in [-0.4, -0.2) is 54.5 Å². The van der Waals surface area contributed by atoms with Gasteiger partial charge in [0.2, 0.25) is 5.91 Å². The van der Waals surface area contributed by atoms with Crippen molar-refractivity contribution in [1.29, 1.82) is 0 Å². The number of fused-ring (bicyclic) bond motifs is 1. The molecule has 0 bridgehead atoms. The van der Waals surface area contributed by atoms with Crippen molar-refractivity contribution in [2.24, 2.45) is 5.92 Å². The van der Waals surface area contributed by atoms with Crippen LogP contribution in [0.3, 0.4) is 0 Å². The highest BCUT2D eigenvalue weighted by Crippen LogP contribution is 2.35. The molecule has 8 heteroatoms. The van der Waals surface area contributed by atoms with E-state index in [0.717, 1.165) is 36.7 Å². The van der Waals surface area contributed by atoms with Crippen LogP contribution in [-0.2, 0) is 17.6 Å². The van der Waals surface area contributed by atoms with E-state index in [1.54, 1.807) is 0 Å². The molecule has 3 unspecified atom stereocenters. The molecule has 3 atom stereocenters. The fraction of sp³-hybridized carbons (Fsp3) is 0.519. The average molecular weight is 490 g/mol. The van der Waals surface area contributed by atoms with Gasteiger partial charge in [0.25, 0.3) is 0 Å². The lowest BCUT2D eigenvalue weighted by Gasteiger charge is -2.37. The van der Waals surface area contributed by atoms with E-state index in [0.29, 0.717) is 18.0 Å². The molecule has 6 nitrogen and oxygen atoms in total. The van der Waals surface area contributed by atoms with Gasteiger partial charge in [-0.3, -0.25) is 4.79 Å². The predicted octanol–water partition coefficient (Wildman–Crippen LogP) is 3.10. The summed E-state index contributed by atoms with van der Waals surface area (Å²) in [5.74, 6) is -1.20. The number of nitrogens with one attached hydrogen (secondary N) is 2. The van der Waals surface area contributed by atoms with Gasteiger partial charge in [0, 0.05) is 44.4 Å². The maximum atomic E-state index is 13.7. The molecule has 0 aliphatic carbocycles. The minimum Gasteiger partial charge on any atom is -0.395 e. The summed E-state index contributed by atoms with van der Waals surface area (Å²) in [6.07, 6.45) is 0.881. The quantitative estimate of drug-likeness (QED) is 0.390. The number of carbonyl (C=O) groups excluding carboxylic acids is 1. The smallest absolute Gasteiger partial charge is 0.217 e. The summed E-state index contributed by atoms with van der Waals surface area (Å²) < 4.78 is 27.3. The summed E-state index contributed by atoms with van der Waals surface area (Å²) in [4.78, 5) is 13.9. The zero-order chi connectivity index (χ0) is 25.5. The van der Waals surface area contributed by atoms with E-state index >= 15 is 0 Å². The topological polar surface area (TPSA) is 84.8 Å². The first-order chi connectivity index (χ1) is 16.7. The average Bonchev–Trinajstić information content (AvgIpc) is 2.76. The Balaban J connectivity index is 1.75. The van der Waals surface area contributed by atoms with Crippen LogP contribution in [0.15, 0.2) is 36.4 Å². The lowest BCUT2D eigenvalue weighted by molar-refractivity contribution is -0.120. The fourth-order valence-corrected chi connectivity index (χ4v) is 4.83. The predicted molar refractivity (Wildman–Crippen MR) is 133 cm³/mol. The maximum absolute atomic E-state index is 13.7. The summed E-state index contributed by atoms with van der Waals surface area (Å²) >= 11 is 0. The molecule has 0 aromatic heterocycles. The third kappa shape index (κ3) is 7.72. The van der Waals surface area contributed by atoms with Gasteiger partial charge in [0.05, 0.1) is 18.8 Å². The molecule has 2 aromatic carbocycles. The molecule has 3 rings (SSSR count). The first-order valence-electron chi connectivity index (χ1n) is 12.3. The molecule has 0 saturated carbocycles. The van der Waals surface area contributed by atoms with Crippen LogP contribution < -0.4 is 15.5 Å². The van der Waals surface area contributed by atoms with Crippen LogP contribution in [0.25, 0.3) is 0 Å². The van der Waals surface area contributed by atoms with Gasteiger partial charge in [-0.15, -0.1) is 0 Å². The van der Waals surface area contributed by atoms with E-state index in [1.807, 2.05) is 0 Å². The number of anilines is 1. The first-order valence-corrected chi connectivity index (χ1v) is 12.3. The number of aliphatic hydroxyl groups is 2. The zero-order valence-electron chi connectivity index (χ0n) is 20.7.